The molecule has 2 aromatic carbocycles. The molecule has 0 unspecified atom stereocenters. The van der Waals surface area contributed by atoms with Gasteiger partial charge in [-0.2, -0.15) is 0 Å². The van der Waals surface area contributed by atoms with E-state index >= 15 is 0 Å². The van der Waals surface area contributed by atoms with Crippen molar-refractivity contribution in [1.29, 1.82) is 0 Å². The number of ether oxygens (including phenoxy) is 2. The number of quaternary nitrogens is 1. The van der Waals surface area contributed by atoms with Crippen LogP contribution in [0.5, 0.6) is 0 Å². The minimum absolute atomic E-state index is 0.261. The Hall–Kier alpha value is -2.17. The molecular weight excluding hydrogens is 278 g/mol. The molecule has 2 atom stereocenters. The Bertz CT molecular complexity index is 571. The first-order valence-corrected chi connectivity index (χ1v) is 7.36. The zero-order valence-electron chi connectivity index (χ0n) is 12.8. The van der Waals surface area contributed by atoms with Gasteiger partial charge in [-0.25, -0.2) is 4.79 Å². The molecule has 0 heterocycles. The van der Waals surface area contributed by atoms with Crippen LogP contribution in [0.1, 0.15) is 18.1 Å². The lowest BCUT2D eigenvalue weighted by molar-refractivity contribution is -0.426. The summed E-state index contributed by atoms with van der Waals surface area (Å²) >= 11 is 0. The summed E-state index contributed by atoms with van der Waals surface area (Å²) in [5.74, 6) is -0.343. The van der Waals surface area contributed by atoms with Gasteiger partial charge in [-0.1, -0.05) is 60.7 Å². The van der Waals surface area contributed by atoms with E-state index in [1.54, 1.807) is 0 Å². The third kappa shape index (κ3) is 4.98. The van der Waals surface area contributed by atoms with Gasteiger partial charge in [-0.3, -0.25) is 0 Å². The molecule has 3 N–H and O–H groups in total. The van der Waals surface area contributed by atoms with Crippen LogP contribution in [-0.2, 0) is 27.5 Å². The molecule has 2 aromatic rings. The van der Waals surface area contributed by atoms with Gasteiger partial charge in [0.15, 0.2) is 0 Å². The molecule has 0 fully saturated rings. The monoisotopic (exact) mass is 300 g/mol. The molecule has 4 nitrogen and oxygen atoms in total. The van der Waals surface area contributed by atoms with Crippen LogP contribution in [0.3, 0.4) is 0 Å². The van der Waals surface area contributed by atoms with E-state index < -0.39 is 6.04 Å². The molecule has 0 bridgehead atoms. The highest BCUT2D eigenvalue weighted by Gasteiger charge is 2.27. The minimum Gasteiger partial charge on any atom is -0.456 e. The molecular formula is C18H22NO3+. The van der Waals surface area contributed by atoms with Crippen LogP contribution < -0.4 is 5.73 Å². The molecule has 0 aromatic heterocycles. The van der Waals surface area contributed by atoms with Crippen LogP contribution in [0.2, 0.25) is 0 Å². The third-order valence-corrected chi connectivity index (χ3v) is 3.45. The molecule has 0 saturated carbocycles. The maximum atomic E-state index is 12.0. The van der Waals surface area contributed by atoms with Gasteiger partial charge >= 0.3 is 5.97 Å². The quantitative estimate of drug-likeness (QED) is 0.795. The van der Waals surface area contributed by atoms with Crippen molar-refractivity contribution in [2.75, 3.05) is 0 Å². The number of benzene rings is 2. The molecule has 0 spiro atoms. The topological polar surface area (TPSA) is 63.2 Å². The Kier molecular flexibility index (Phi) is 6.13. The number of rotatable bonds is 7. The summed E-state index contributed by atoms with van der Waals surface area (Å²) in [5.41, 5.74) is 5.89. The van der Waals surface area contributed by atoms with Gasteiger partial charge in [0.25, 0.3) is 0 Å². The van der Waals surface area contributed by atoms with Crippen molar-refractivity contribution in [1.82, 2.24) is 0 Å². The lowest BCUT2D eigenvalue weighted by atomic mass is 10.2. The predicted octanol–water partition coefficient (Wildman–Crippen LogP) is 1.95. The normalized spacial score (nSPS) is 13.4. The smallest absolute Gasteiger partial charge is 0.367 e. The number of hydrogen-bond acceptors (Lipinski definition) is 3. The van der Waals surface area contributed by atoms with E-state index in [0.29, 0.717) is 6.61 Å². The first-order chi connectivity index (χ1) is 10.7. The largest absolute Gasteiger partial charge is 0.456 e. The lowest BCUT2D eigenvalue weighted by Crippen LogP contribution is -2.70. The highest BCUT2D eigenvalue weighted by Crippen LogP contribution is 2.07. The first-order valence-electron chi connectivity index (χ1n) is 7.36. The van der Waals surface area contributed by atoms with E-state index in [0.717, 1.165) is 11.1 Å². The Morgan fingerprint density at radius 3 is 2.00 bits per heavy atom. The summed E-state index contributed by atoms with van der Waals surface area (Å²) in [6, 6.07) is 18.9. The highest BCUT2D eigenvalue weighted by molar-refractivity contribution is 5.74. The molecule has 0 amide bonds. The SMILES string of the molecule is C[C@@H](OCc1ccccc1)[C@H]([NH3+])C(=O)OCc1ccccc1. The summed E-state index contributed by atoms with van der Waals surface area (Å²) in [5, 5.41) is 0. The molecule has 0 radical (unpaired) electrons. The molecule has 116 valence electrons. The predicted molar refractivity (Wildman–Crippen MR) is 83.6 cm³/mol. The minimum atomic E-state index is -0.549. The van der Waals surface area contributed by atoms with Crippen LogP contribution in [0.15, 0.2) is 60.7 Å². The Labute approximate surface area is 130 Å². The molecule has 0 aliphatic heterocycles. The van der Waals surface area contributed by atoms with Gasteiger partial charge in [0.1, 0.15) is 12.7 Å². The number of carbonyl (C=O) groups excluding carboxylic acids is 1. The van der Waals surface area contributed by atoms with E-state index in [4.69, 9.17) is 9.47 Å². The fraction of sp³-hybridized carbons (Fsp3) is 0.278. The molecule has 0 saturated heterocycles. The second-order valence-electron chi connectivity index (χ2n) is 5.20. The summed E-state index contributed by atoms with van der Waals surface area (Å²) in [6.07, 6.45) is -0.302. The van der Waals surface area contributed by atoms with Crippen LogP contribution in [-0.4, -0.2) is 18.1 Å². The Morgan fingerprint density at radius 2 is 1.45 bits per heavy atom. The van der Waals surface area contributed by atoms with Crippen molar-refractivity contribution >= 4 is 5.97 Å². The summed E-state index contributed by atoms with van der Waals surface area (Å²) in [7, 11) is 0. The Morgan fingerprint density at radius 1 is 0.955 bits per heavy atom. The second-order valence-corrected chi connectivity index (χ2v) is 5.20. The van der Waals surface area contributed by atoms with Gasteiger partial charge in [-0.15, -0.1) is 0 Å². The van der Waals surface area contributed by atoms with Gasteiger partial charge in [0.2, 0.25) is 6.04 Å². The van der Waals surface area contributed by atoms with Gasteiger partial charge < -0.3 is 15.2 Å². The fourth-order valence-corrected chi connectivity index (χ4v) is 1.95. The van der Waals surface area contributed by atoms with Crippen molar-refractivity contribution in [3.8, 4) is 0 Å². The first kappa shape index (κ1) is 16.2. The molecule has 4 heteroatoms. The van der Waals surface area contributed by atoms with E-state index in [1.807, 2.05) is 67.6 Å². The molecule has 0 aliphatic rings. The average molecular weight is 300 g/mol. The summed E-state index contributed by atoms with van der Waals surface area (Å²) in [4.78, 5) is 12.0. The van der Waals surface area contributed by atoms with Crippen molar-refractivity contribution in [3.63, 3.8) is 0 Å². The van der Waals surface area contributed by atoms with Gasteiger partial charge in [0, 0.05) is 0 Å². The van der Waals surface area contributed by atoms with Crippen molar-refractivity contribution in [2.24, 2.45) is 0 Å². The van der Waals surface area contributed by atoms with Crippen LogP contribution in [0.25, 0.3) is 0 Å². The molecule has 22 heavy (non-hydrogen) atoms. The summed E-state index contributed by atoms with van der Waals surface area (Å²) < 4.78 is 11.0. The van der Waals surface area contributed by atoms with Crippen molar-refractivity contribution in [3.05, 3.63) is 71.8 Å². The van der Waals surface area contributed by atoms with E-state index in [2.05, 4.69) is 5.73 Å². The van der Waals surface area contributed by atoms with Crippen LogP contribution in [0, 0.1) is 0 Å². The van der Waals surface area contributed by atoms with Gasteiger partial charge in [0.05, 0.1) is 6.61 Å². The van der Waals surface area contributed by atoms with Crippen molar-refractivity contribution in [2.45, 2.75) is 32.3 Å². The molecule has 2 rings (SSSR count). The number of hydrogen-bond donors (Lipinski definition) is 1. The van der Waals surface area contributed by atoms with Crippen molar-refractivity contribution < 1.29 is 20.0 Å². The van der Waals surface area contributed by atoms with E-state index in [-0.39, 0.29) is 18.7 Å². The molecule has 0 aliphatic carbocycles. The maximum Gasteiger partial charge on any atom is 0.367 e. The Balaban J connectivity index is 1.77. The zero-order valence-corrected chi connectivity index (χ0v) is 12.8. The maximum absolute atomic E-state index is 12.0. The second kappa shape index (κ2) is 8.32. The van der Waals surface area contributed by atoms with E-state index in [9.17, 15) is 4.79 Å². The van der Waals surface area contributed by atoms with Crippen LogP contribution in [0.4, 0.5) is 0 Å². The number of carbonyl (C=O) groups is 1. The highest BCUT2D eigenvalue weighted by atomic mass is 16.5. The van der Waals surface area contributed by atoms with E-state index in [1.165, 1.54) is 0 Å². The standard InChI is InChI=1S/C18H21NO3/c1-14(21-12-15-8-4-2-5-9-15)17(19)18(20)22-13-16-10-6-3-7-11-16/h2-11,14,17H,12-13,19H2,1H3/p+1/t14-,17+/m1/s1. The van der Waals surface area contributed by atoms with Gasteiger partial charge in [-0.05, 0) is 18.1 Å². The third-order valence-electron chi connectivity index (χ3n) is 3.45. The fourth-order valence-electron chi connectivity index (χ4n) is 1.95. The number of esters is 1. The lowest BCUT2D eigenvalue weighted by Gasteiger charge is -2.17. The zero-order chi connectivity index (χ0) is 15.8. The summed E-state index contributed by atoms with van der Waals surface area (Å²) in [6.45, 7) is 2.56. The average Bonchev–Trinajstić information content (AvgIpc) is 2.58. The van der Waals surface area contributed by atoms with Crippen LogP contribution >= 0.6 is 0 Å².